The normalized spacial score (nSPS) is 12.3. The third-order valence-electron chi connectivity index (χ3n) is 2.91. The lowest BCUT2D eigenvalue weighted by atomic mass is 10.2. The summed E-state index contributed by atoms with van der Waals surface area (Å²) in [6, 6.07) is 7.81. The molecule has 0 aliphatic carbocycles. The number of aryl methyl sites for hydroxylation is 1. The quantitative estimate of drug-likeness (QED) is 0.610. The van der Waals surface area contributed by atoms with Crippen LogP contribution in [0.15, 0.2) is 24.3 Å². The summed E-state index contributed by atoms with van der Waals surface area (Å²) < 4.78 is 10.9. The molecule has 2 N–H and O–H groups in total. The summed E-state index contributed by atoms with van der Waals surface area (Å²) in [4.78, 5) is 0. The second kappa shape index (κ2) is 10.7. The van der Waals surface area contributed by atoms with E-state index in [0.29, 0.717) is 19.8 Å². The number of aliphatic hydroxyl groups excluding tert-OH is 1. The van der Waals surface area contributed by atoms with E-state index in [9.17, 15) is 5.11 Å². The Bertz CT molecular complexity index is 340. The largest absolute Gasteiger partial charge is 0.491 e. The molecule has 0 aliphatic heterocycles. The van der Waals surface area contributed by atoms with Crippen molar-refractivity contribution in [2.45, 2.75) is 32.8 Å². The van der Waals surface area contributed by atoms with E-state index >= 15 is 0 Å². The molecule has 0 aromatic heterocycles. The molecule has 1 atom stereocenters. The van der Waals surface area contributed by atoms with E-state index in [-0.39, 0.29) is 0 Å². The Kier molecular flexibility index (Phi) is 9.04. The molecule has 0 saturated carbocycles. The van der Waals surface area contributed by atoms with Gasteiger partial charge in [0.1, 0.15) is 18.5 Å². The molecule has 1 unspecified atom stereocenters. The van der Waals surface area contributed by atoms with E-state index in [2.05, 4.69) is 12.2 Å². The zero-order chi connectivity index (χ0) is 14.6. The maximum atomic E-state index is 9.78. The van der Waals surface area contributed by atoms with Gasteiger partial charge < -0.3 is 19.9 Å². The topological polar surface area (TPSA) is 50.7 Å². The molecule has 1 rings (SSSR count). The van der Waals surface area contributed by atoms with Gasteiger partial charge in [-0.05, 0) is 25.5 Å². The SMILES string of the molecule is CCCCOCCNCC(O)COc1ccc(C)cc1. The molecule has 114 valence electrons. The number of rotatable bonds is 11. The first-order valence-electron chi connectivity index (χ1n) is 7.38. The van der Waals surface area contributed by atoms with Gasteiger partial charge in [0, 0.05) is 19.7 Å². The van der Waals surface area contributed by atoms with Crippen molar-refractivity contribution >= 4 is 0 Å². The minimum absolute atomic E-state index is 0.298. The van der Waals surface area contributed by atoms with Crippen molar-refractivity contribution in [3.05, 3.63) is 29.8 Å². The first kappa shape index (κ1) is 17.0. The van der Waals surface area contributed by atoms with Crippen LogP contribution in [-0.2, 0) is 4.74 Å². The summed E-state index contributed by atoms with van der Waals surface area (Å²) in [5, 5.41) is 12.9. The van der Waals surface area contributed by atoms with Crippen molar-refractivity contribution in [2.24, 2.45) is 0 Å². The lowest BCUT2D eigenvalue weighted by Gasteiger charge is -2.13. The third kappa shape index (κ3) is 8.15. The lowest BCUT2D eigenvalue weighted by Crippen LogP contribution is -2.33. The molecule has 0 aliphatic rings. The van der Waals surface area contributed by atoms with E-state index in [1.807, 2.05) is 31.2 Å². The van der Waals surface area contributed by atoms with Crippen molar-refractivity contribution in [3.8, 4) is 5.75 Å². The van der Waals surface area contributed by atoms with Crippen LogP contribution in [0.1, 0.15) is 25.3 Å². The van der Waals surface area contributed by atoms with Crippen molar-refractivity contribution < 1.29 is 14.6 Å². The average molecular weight is 281 g/mol. The summed E-state index contributed by atoms with van der Waals surface area (Å²) >= 11 is 0. The van der Waals surface area contributed by atoms with Gasteiger partial charge in [-0.3, -0.25) is 0 Å². The van der Waals surface area contributed by atoms with Crippen molar-refractivity contribution in [3.63, 3.8) is 0 Å². The van der Waals surface area contributed by atoms with Gasteiger partial charge in [0.2, 0.25) is 0 Å². The van der Waals surface area contributed by atoms with Gasteiger partial charge in [0.05, 0.1) is 6.61 Å². The summed E-state index contributed by atoms with van der Waals surface area (Å²) in [6.07, 6.45) is 1.75. The van der Waals surface area contributed by atoms with Crippen LogP contribution in [0.3, 0.4) is 0 Å². The molecular formula is C16H27NO3. The summed E-state index contributed by atoms with van der Waals surface area (Å²) in [5.41, 5.74) is 1.20. The number of ether oxygens (including phenoxy) is 2. The van der Waals surface area contributed by atoms with E-state index in [1.54, 1.807) is 0 Å². The number of hydrogen-bond acceptors (Lipinski definition) is 4. The highest BCUT2D eigenvalue weighted by Crippen LogP contribution is 2.11. The van der Waals surface area contributed by atoms with Gasteiger partial charge in [-0.15, -0.1) is 0 Å². The van der Waals surface area contributed by atoms with Crippen LogP contribution in [0.2, 0.25) is 0 Å². The number of hydrogen-bond donors (Lipinski definition) is 2. The second-order valence-corrected chi connectivity index (χ2v) is 4.95. The fourth-order valence-electron chi connectivity index (χ4n) is 1.65. The second-order valence-electron chi connectivity index (χ2n) is 4.95. The Morgan fingerprint density at radius 3 is 2.65 bits per heavy atom. The Hall–Kier alpha value is -1.10. The van der Waals surface area contributed by atoms with E-state index in [0.717, 1.165) is 31.7 Å². The number of nitrogens with one attached hydrogen (secondary N) is 1. The highest BCUT2D eigenvalue weighted by molar-refractivity contribution is 5.26. The van der Waals surface area contributed by atoms with Crippen molar-refractivity contribution in [1.29, 1.82) is 0 Å². The Morgan fingerprint density at radius 2 is 1.95 bits per heavy atom. The molecule has 1 aromatic carbocycles. The Labute approximate surface area is 122 Å². The average Bonchev–Trinajstić information content (AvgIpc) is 2.46. The van der Waals surface area contributed by atoms with Gasteiger partial charge in [0.25, 0.3) is 0 Å². The first-order chi connectivity index (χ1) is 9.72. The fraction of sp³-hybridized carbons (Fsp3) is 0.625. The van der Waals surface area contributed by atoms with E-state index < -0.39 is 6.10 Å². The Morgan fingerprint density at radius 1 is 1.20 bits per heavy atom. The van der Waals surface area contributed by atoms with Crippen LogP contribution in [-0.4, -0.2) is 44.1 Å². The Balaban J connectivity index is 2.00. The molecule has 0 radical (unpaired) electrons. The zero-order valence-corrected chi connectivity index (χ0v) is 12.6. The number of benzene rings is 1. The van der Waals surface area contributed by atoms with Gasteiger partial charge in [0.15, 0.2) is 0 Å². The minimum Gasteiger partial charge on any atom is -0.491 e. The smallest absolute Gasteiger partial charge is 0.119 e. The van der Waals surface area contributed by atoms with E-state index in [4.69, 9.17) is 9.47 Å². The summed E-state index contributed by atoms with van der Waals surface area (Å²) in [7, 11) is 0. The van der Waals surface area contributed by atoms with Gasteiger partial charge in [-0.1, -0.05) is 31.0 Å². The van der Waals surface area contributed by atoms with Crippen molar-refractivity contribution in [2.75, 3.05) is 32.9 Å². The van der Waals surface area contributed by atoms with Crippen LogP contribution >= 0.6 is 0 Å². The number of aliphatic hydroxyl groups is 1. The maximum Gasteiger partial charge on any atom is 0.119 e. The monoisotopic (exact) mass is 281 g/mol. The van der Waals surface area contributed by atoms with E-state index in [1.165, 1.54) is 5.56 Å². The molecule has 20 heavy (non-hydrogen) atoms. The highest BCUT2D eigenvalue weighted by Gasteiger charge is 2.04. The molecule has 0 amide bonds. The van der Waals surface area contributed by atoms with Crippen LogP contribution in [0, 0.1) is 6.92 Å². The molecule has 0 bridgehead atoms. The molecule has 0 heterocycles. The summed E-state index contributed by atoms with van der Waals surface area (Å²) in [6.45, 7) is 7.25. The van der Waals surface area contributed by atoms with Crippen LogP contribution < -0.4 is 10.1 Å². The standard InChI is InChI=1S/C16H27NO3/c1-3-4-10-19-11-9-17-12-15(18)13-20-16-7-5-14(2)6-8-16/h5-8,15,17-18H,3-4,9-13H2,1-2H3. The predicted octanol–water partition coefficient (Wildman–Crippen LogP) is 2.14. The first-order valence-corrected chi connectivity index (χ1v) is 7.38. The van der Waals surface area contributed by atoms with Crippen LogP contribution in [0.5, 0.6) is 5.75 Å². The fourth-order valence-corrected chi connectivity index (χ4v) is 1.65. The summed E-state index contributed by atoms with van der Waals surface area (Å²) in [5.74, 6) is 0.789. The third-order valence-corrected chi connectivity index (χ3v) is 2.91. The van der Waals surface area contributed by atoms with Gasteiger partial charge in [-0.2, -0.15) is 0 Å². The molecular weight excluding hydrogens is 254 g/mol. The number of unbranched alkanes of at least 4 members (excludes halogenated alkanes) is 1. The molecule has 0 fully saturated rings. The van der Waals surface area contributed by atoms with Gasteiger partial charge >= 0.3 is 0 Å². The minimum atomic E-state index is -0.507. The van der Waals surface area contributed by atoms with Crippen LogP contribution in [0.4, 0.5) is 0 Å². The highest BCUT2D eigenvalue weighted by atomic mass is 16.5. The molecule has 0 spiro atoms. The molecule has 1 aromatic rings. The zero-order valence-electron chi connectivity index (χ0n) is 12.6. The maximum absolute atomic E-state index is 9.78. The predicted molar refractivity (Wildman–Crippen MR) is 81.3 cm³/mol. The molecule has 0 saturated heterocycles. The molecule has 4 nitrogen and oxygen atoms in total. The van der Waals surface area contributed by atoms with Gasteiger partial charge in [-0.25, -0.2) is 0 Å². The van der Waals surface area contributed by atoms with Crippen LogP contribution in [0.25, 0.3) is 0 Å². The lowest BCUT2D eigenvalue weighted by molar-refractivity contribution is 0.0982. The molecule has 4 heteroatoms. The van der Waals surface area contributed by atoms with Crippen molar-refractivity contribution in [1.82, 2.24) is 5.32 Å².